The van der Waals surface area contributed by atoms with Gasteiger partial charge in [0.15, 0.2) is 0 Å². The number of hydrogen-bond donors (Lipinski definition) is 0. The van der Waals surface area contributed by atoms with Gasteiger partial charge in [0.05, 0.1) is 0 Å². The number of rotatable bonds is 2. The summed E-state index contributed by atoms with van der Waals surface area (Å²) in [7, 11) is 0. The maximum absolute atomic E-state index is 5.86. The van der Waals surface area contributed by atoms with Crippen LogP contribution in [0.4, 0.5) is 0 Å². The number of hydrogen-bond acceptors (Lipinski definition) is 4. The van der Waals surface area contributed by atoms with Crippen LogP contribution >= 0.6 is 23.2 Å². The largest absolute Gasteiger partial charge is 0.436 e. The Morgan fingerprint density at radius 2 is 1.78 bits per heavy atom. The maximum atomic E-state index is 5.86. The smallest absolute Gasteiger partial charge is 0.262 e. The maximum Gasteiger partial charge on any atom is 0.262 e. The van der Waals surface area contributed by atoms with E-state index in [0.717, 1.165) is 16.7 Å². The predicted octanol–water partition coefficient (Wildman–Crippen LogP) is 3.90. The van der Waals surface area contributed by atoms with Crippen LogP contribution in [0, 0.1) is 20.8 Å². The van der Waals surface area contributed by atoms with Crippen LogP contribution < -0.4 is 4.74 Å². The molecule has 94 valence electrons. The molecule has 4 nitrogen and oxygen atoms in total. The van der Waals surface area contributed by atoms with Crippen LogP contribution in [-0.4, -0.2) is 15.2 Å². The van der Waals surface area contributed by atoms with E-state index < -0.39 is 0 Å². The summed E-state index contributed by atoms with van der Waals surface area (Å²) in [5.74, 6) is 0.843. The Morgan fingerprint density at radius 3 is 2.50 bits per heavy atom. The number of ether oxygens (including phenoxy) is 1. The summed E-state index contributed by atoms with van der Waals surface area (Å²) < 4.78 is 5.65. The summed E-state index contributed by atoms with van der Waals surface area (Å²) in [5.41, 5.74) is 3.25. The van der Waals surface area contributed by atoms with Crippen molar-refractivity contribution >= 4 is 23.2 Å². The summed E-state index contributed by atoms with van der Waals surface area (Å²) in [5, 5.41) is 7.25. The highest BCUT2D eigenvalue weighted by molar-refractivity contribution is 6.31. The Hall–Kier alpha value is -1.39. The molecule has 0 N–H and O–H groups in total. The van der Waals surface area contributed by atoms with Crippen molar-refractivity contribution in [1.82, 2.24) is 15.2 Å². The zero-order valence-corrected chi connectivity index (χ0v) is 11.7. The van der Waals surface area contributed by atoms with Crippen molar-refractivity contribution in [3.05, 3.63) is 39.3 Å². The van der Waals surface area contributed by atoms with E-state index in [1.807, 2.05) is 26.8 Å². The Morgan fingerprint density at radius 1 is 1.06 bits per heavy atom. The second-order valence-electron chi connectivity index (χ2n) is 3.98. The molecular formula is C12H11Cl2N3O. The van der Waals surface area contributed by atoms with Crippen LogP contribution in [0.2, 0.25) is 10.4 Å². The van der Waals surface area contributed by atoms with Gasteiger partial charge in [-0.05, 0) is 55.1 Å². The fraction of sp³-hybridized carbons (Fsp3) is 0.250. The van der Waals surface area contributed by atoms with Crippen molar-refractivity contribution in [1.29, 1.82) is 0 Å². The molecule has 1 aromatic carbocycles. The Labute approximate surface area is 115 Å². The molecule has 0 aliphatic heterocycles. The van der Waals surface area contributed by atoms with Gasteiger partial charge in [0.2, 0.25) is 10.4 Å². The van der Waals surface area contributed by atoms with Crippen molar-refractivity contribution in [3.8, 4) is 11.6 Å². The van der Waals surface area contributed by atoms with E-state index in [1.54, 1.807) is 0 Å². The number of benzene rings is 1. The monoisotopic (exact) mass is 283 g/mol. The van der Waals surface area contributed by atoms with Crippen LogP contribution in [-0.2, 0) is 0 Å². The average molecular weight is 284 g/mol. The molecule has 6 heteroatoms. The standard InChI is InChI=1S/C12H11Cl2N3O/c1-6-4-7(2)8(3)9(5-6)18-11-10(13)16-17-12(14)15-11/h4-5H,1-3H3. The van der Waals surface area contributed by atoms with Crippen molar-refractivity contribution in [3.63, 3.8) is 0 Å². The number of halogens is 2. The van der Waals surface area contributed by atoms with Crippen LogP contribution in [0.5, 0.6) is 11.6 Å². The highest BCUT2D eigenvalue weighted by Crippen LogP contribution is 2.30. The molecule has 0 bridgehead atoms. The third kappa shape index (κ3) is 2.71. The van der Waals surface area contributed by atoms with Crippen LogP contribution in [0.1, 0.15) is 16.7 Å². The molecule has 0 atom stereocenters. The van der Waals surface area contributed by atoms with E-state index >= 15 is 0 Å². The van der Waals surface area contributed by atoms with E-state index in [0.29, 0.717) is 5.75 Å². The zero-order valence-electron chi connectivity index (χ0n) is 10.2. The van der Waals surface area contributed by atoms with Crippen LogP contribution in [0.15, 0.2) is 12.1 Å². The van der Waals surface area contributed by atoms with E-state index in [-0.39, 0.29) is 16.3 Å². The van der Waals surface area contributed by atoms with Crippen molar-refractivity contribution < 1.29 is 4.74 Å². The number of aromatic nitrogens is 3. The topological polar surface area (TPSA) is 47.9 Å². The van der Waals surface area contributed by atoms with Crippen molar-refractivity contribution in [2.24, 2.45) is 0 Å². The predicted molar refractivity (Wildman–Crippen MR) is 70.6 cm³/mol. The fourth-order valence-corrected chi connectivity index (χ4v) is 1.79. The van der Waals surface area contributed by atoms with Crippen LogP contribution in [0.25, 0.3) is 0 Å². The Balaban J connectivity index is 2.43. The molecule has 2 rings (SSSR count). The summed E-state index contributed by atoms with van der Waals surface area (Å²) in [4.78, 5) is 3.91. The van der Waals surface area contributed by atoms with Gasteiger partial charge in [0.1, 0.15) is 5.75 Å². The van der Waals surface area contributed by atoms with Gasteiger partial charge in [-0.25, -0.2) is 0 Å². The zero-order chi connectivity index (χ0) is 13.3. The minimum absolute atomic E-state index is 0.00331. The fourth-order valence-electron chi connectivity index (χ4n) is 1.56. The molecule has 0 aliphatic carbocycles. The van der Waals surface area contributed by atoms with Gasteiger partial charge in [-0.1, -0.05) is 17.7 Å². The second kappa shape index (κ2) is 5.08. The van der Waals surface area contributed by atoms with Gasteiger partial charge in [0.25, 0.3) is 5.88 Å². The lowest BCUT2D eigenvalue weighted by Gasteiger charge is -2.11. The second-order valence-corrected chi connectivity index (χ2v) is 4.68. The van der Waals surface area contributed by atoms with Gasteiger partial charge in [0, 0.05) is 0 Å². The first kappa shape index (κ1) is 13.1. The lowest BCUT2D eigenvalue weighted by atomic mass is 10.1. The van der Waals surface area contributed by atoms with Gasteiger partial charge >= 0.3 is 0 Å². The first-order valence-corrected chi connectivity index (χ1v) is 6.04. The molecule has 18 heavy (non-hydrogen) atoms. The third-order valence-corrected chi connectivity index (χ3v) is 2.96. The molecule has 0 fully saturated rings. The molecular weight excluding hydrogens is 273 g/mol. The highest BCUT2D eigenvalue weighted by Gasteiger charge is 2.11. The lowest BCUT2D eigenvalue weighted by molar-refractivity contribution is 0.453. The minimum atomic E-state index is -0.00331. The van der Waals surface area contributed by atoms with E-state index in [1.165, 1.54) is 0 Å². The van der Waals surface area contributed by atoms with E-state index in [2.05, 4.69) is 21.2 Å². The molecule has 0 saturated carbocycles. The van der Waals surface area contributed by atoms with Gasteiger partial charge < -0.3 is 4.74 Å². The molecule has 0 saturated heterocycles. The molecule has 0 spiro atoms. The number of aryl methyl sites for hydroxylation is 2. The SMILES string of the molecule is Cc1cc(C)c(C)c(Oc2nc(Cl)nnc2Cl)c1. The quantitative estimate of drug-likeness (QED) is 0.839. The lowest BCUT2D eigenvalue weighted by Crippen LogP contribution is -1.97. The van der Waals surface area contributed by atoms with Crippen molar-refractivity contribution in [2.75, 3.05) is 0 Å². The summed E-state index contributed by atoms with van der Waals surface area (Å²) in [6, 6.07) is 3.99. The van der Waals surface area contributed by atoms with E-state index in [9.17, 15) is 0 Å². The normalized spacial score (nSPS) is 10.5. The number of nitrogens with zero attached hydrogens (tertiary/aromatic N) is 3. The minimum Gasteiger partial charge on any atom is -0.436 e. The average Bonchev–Trinajstić information content (AvgIpc) is 2.30. The molecule has 1 aromatic heterocycles. The summed E-state index contributed by atoms with van der Waals surface area (Å²) in [6.07, 6.45) is 0. The molecule has 0 aliphatic rings. The van der Waals surface area contributed by atoms with Gasteiger partial charge in [-0.2, -0.15) is 4.98 Å². The molecule has 0 amide bonds. The third-order valence-electron chi connectivity index (χ3n) is 2.56. The molecule has 0 radical (unpaired) electrons. The van der Waals surface area contributed by atoms with Crippen molar-refractivity contribution in [2.45, 2.75) is 20.8 Å². The summed E-state index contributed by atoms with van der Waals surface area (Å²) >= 11 is 11.5. The molecule has 0 unspecified atom stereocenters. The van der Waals surface area contributed by atoms with Crippen LogP contribution in [0.3, 0.4) is 0 Å². The first-order valence-electron chi connectivity index (χ1n) is 5.29. The van der Waals surface area contributed by atoms with Gasteiger partial charge in [-0.15, -0.1) is 10.2 Å². The first-order chi connectivity index (χ1) is 8.47. The molecule has 2 aromatic rings. The summed E-state index contributed by atoms with van der Waals surface area (Å²) in [6.45, 7) is 5.97. The molecule has 1 heterocycles. The Bertz CT molecular complexity index is 602. The van der Waals surface area contributed by atoms with E-state index in [4.69, 9.17) is 27.9 Å². The Kier molecular flexibility index (Phi) is 3.68. The highest BCUT2D eigenvalue weighted by atomic mass is 35.5. The van der Waals surface area contributed by atoms with Gasteiger partial charge in [-0.3, -0.25) is 0 Å².